The maximum Gasteiger partial charge on any atom is 0.208 e. The Labute approximate surface area is 143 Å². The van der Waals surface area contributed by atoms with Gasteiger partial charge in [0.25, 0.3) is 0 Å². The number of hydrogen-bond acceptors (Lipinski definition) is 11. The van der Waals surface area contributed by atoms with E-state index >= 15 is 0 Å². The topological polar surface area (TPSA) is 183 Å². The number of phenolic OH excluding ortho intramolecular Hbond substituents is 8. The summed E-state index contributed by atoms with van der Waals surface area (Å²) in [4.78, 5) is 4.71. The molecule has 0 aromatic heterocycles. The zero-order chi connectivity index (χ0) is 18.6. The van der Waals surface area contributed by atoms with Crippen LogP contribution in [0.15, 0.2) is 4.90 Å². The smallest absolute Gasteiger partial charge is 0.208 e. The molecule has 0 radical (unpaired) electrons. The van der Waals surface area contributed by atoms with E-state index in [0.29, 0.717) is 11.8 Å². The molecular formula is C14H13NO9S. The van der Waals surface area contributed by atoms with Crippen LogP contribution in [0.2, 0.25) is 0 Å². The van der Waals surface area contributed by atoms with Crippen LogP contribution in [0.25, 0.3) is 0 Å². The molecule has 1 aliphatic heterocycles. The van der Waals surface area contributed by atoms with Gasteiger partial charge in [0.2, 0.25) is 28.7 Å². The molecule has 11 heteroatoms. The predicted octanol–water partition coefficient (Wildman–Crippen LogP) is 1.33. The van der Waals surface area contributed by atoms with E-state index in [2.05, 4.69) is 5.48 Å². The van der Waals surface area contributed by atoms with Crippen LogP contribution < -0.4 is 10.3 Å². The van der Waals surface area contributed by atoms with Crippen LogP contribution in [0.3, 0.4) is 0 Å². The number of rotatable bonds is 2. The lowest BCUT2D eigenvalue weighted by atomic mass is 10.1. The third-order valence-corrected chi connectivity index (χ3v) is 4.93. The first kappa shape index (κ1) is 16.8. The van der Waals surface area contributed by atoms with E-state index < -0.39 is 51.4 Å². The van der Waals surface area contributed by atoms with Gasteiger partial charge < -0.3 is 45.7 Å². The van der Waals surface area contributed by atoms with Crippen LogP contribution in [0.1, 0.15) is 16.5 Å². The first-order valence-corrected chi connectivity index (χ1v) is 7.59. The molecule has 1 aliphatic rings. The number of fused-ring (bicyclic) bond motifs is 1. The first-order chi connectivity index (χ1) is 11.7. The van der Waals surface area contributed by atoms with Crippen LogP contribution in [0.5, 0.6) is 51.7 Å². The Morgan fingerprint density at radius 1 is 0.720 bits per heavy atom. The van der Waals surface area contributed by atoms with E-state index in [1.807, 2.05) is 0 Å². The molecule has 1 heterocycles. The number of aromatic hydroxyl groups is 8. The fourth-order valence-corrected chi connectivity index (χ4v) is 3.46. The number of hydroxylamine groups is 1. The van der Waals surface area contributed by atoms with Gasteiger partial charge >= 0.3 is 0 Å². The van der Waals surface area contributed by atoms with Crippen LogP contribution in [-0.2, 0) is 0 Å². The normalized spacial score (nSPS) is 15.8. The summed E-state index contributed by atoms with van der Waals surface area (Å²) in [6, 6.07) is 0. The van der Waals surface area contributed by atoms with Crippen molar-refractivity contribution in [3.05, 3.63) is 11.1 Å². The summed E-state index contributed by atoms with van der Waals surface area (Å²) in [6.45, 7) is 1.30. The lowest BCUT2D eigenvalue weighted by Gasteiger charge is -2.16. The van der Waals surface area contributed by atoms with Gasteiger partial charge in [-0.05, 0) is 6.92 Å². The van der Waals surface area contributed by atoms with Crippen molar-refractivity contribution in [2.75, 3.05) is 0 Å². The van der Waals surface area contributed by atoms with Crippen molar-refractivity contribution in [3.63, 3.8) is 0 Å². The second kappa shape index (κ2) is 5.50. The van der Waals surface area contributed by atoms with Gasteiger partial charge in [-0.1, -0.05) is 11.8 Å². The average molecular weight is 371 g/mol. The van der Waals surface area contributed by atoms with Gasteiger partial charge in [-0.3, -0.25) is 0 Å². The van der Waals surface area contributed by atoms with Gasteiger partial charge in [-0.25, -0.2) is 0 Å². The second-order valence-electron chi connectivity index (χ2n) is 5.20. The molecular weight excluding hydrogens is 358 g/mol. The largest absolute Gasteiger partial charge is 0.506 e. The maximum absolute atomic E-state index is 10.1. The van der Waals surface area contributed by atoms with E-state index in [1.54, 1.807) is 0 Å². The summed E-state index contributed by atoms with van der Waals surface area (Å²) in [7, 11) is 0. The molecule has 2 aromatic rings. The van der Waals surface area contributed by atoms with Gasteiger partial charge in [-0.2, -0.15) is 0 Å². The summed E-state index contributed by atoms with van der Waals surface area (Å²) in [5, 5.41) is 77.2. The lowest BCUT2D eigenvalue weighted by Crippen LogP contribution is -2.13. The van der Waals surface area contributed by atoms with E-state index in [-0.39, 0.29) is 21.8 Å². The Hall–Kier alpha value is -3.05. The van der Waals surface area contributed by atoms with Crippen LogP contribution in [0.4, 0.5) is 0 Å². The van der Waals surface area contributed by atoms with Gasteiger partial charge in [-0.15, -0.1) is 5.48 Å². The third kappa shape index (κ3) is 2.24. The minimum Gasteiger partial charge on any atom is -0.506 e. The van der Waals surface area contributed by atoms with Gasteiger partial charge in [0, 0.05) is 5.56 Å². The highest BCUT2D eigenvalue weighted by atomic mass is 32.2. The molecule has 0 amide bonds. The summed E-state index contributed by atoms with van der Waals surface area (Å²) in [6.07, 6.45) is 0. The molecule has 3 rings (SSSR count). The highest BCUT2D eigenvalue weighted by molar-refractivity contribution is 7.99. The Bertz CT molecular complexity index is 870. The molecule has 0 saturated carbocycles. The molecule has 9 N–H and O–H groups in total. The molecule has 10 nitrogen and oxygen atoms in total. The number of hydrogen-bond donors (Lipinski definition) is 9. The lowest BCUT2D eigenvalue weighted by molar-refractivity contribution is 0.211. The first-order valence-electron chi connectivity index (χ1n) is 6.71. The van der Waals surface area contributed by atoms with Gasteiger partial charge in [0.1, 0.15) is 11.1 Å². The molecule has 0 aliphatic carbocycles. The van der Waals surface area contributed by atoms with E-state index in [4.69, 9.17) is 4.84 Å². The van der Waals surface area contributed by atoms with Crippen LogP contribution >= 0.6 is 11.8 Å². The Balaban J connectivity index is 2.11. The molecule has 134 valence electrons. The van der Waals surface area contributed by atoms with Crippen molar-refractivity contribution in [1.29, 1.82) is 0 Å². The Morgan fingerprint density at radius 3 is 1.92 bits per heavy atom. The molecule has 0 bridgehead atoms. The zero-order valence-electron chi connectivity index (χ0n) is 12.5. The van der Waals surface area contributed by atoms with Gasteiger partial charge in [0.05, 0.1) is 10.5 Å². The van der Waals surface area contributed by atoms with Gasteiger partial charge in [0.15, 0.2) is 17.2 Å². The summed E-state index contributed by atoms with van der Waals surface area (Å²) < 4.78 is 0. The minimum absolute atomic E-state index is 0.0995. The van der Waals surface area contributed by atoms with Crippen molar-refractivity contribution < 1.29 is 45.7 Å². The summed E-state index contributed by atoms with van der Waals surface area (Å²) in [5.41, 5.74) is 2.10. The number of benzene rings is 2. The van der Waals surface area contributed by atoms with Crippen molar-refractivity contribution >= 4 is 11.8 Å². The molecule has 1 atom stereocenters. The highest BCUT2D eigenvalue weighted by Gasteiger charge is 2.37. The van der Waals surface area contributed by atoms with Crippen molar-refractivity contribution in [1.82, 2.24) is 5.48 Å². The van der Waals surface area contributed by atoms with Crippen LogP contribution in [-0.4, -0.2) is 40.9 Å². The minimum atomic E-state index is -1.06. The average Bonchev–Trinajstić information content (AvgIpc) is 3.02. The monoisotopic (exact) mass is 371 g/mol. The SMILES string of the molecule is Cc1c(O)c(O)c(O)c(SC2NOc3c(O)c(O)c(O)c(O)c32)c1O. The number of phenols is 8. The Morgan fingerprint density at radius 2 is 1.28 bits per heavy atom. The highest BCUT2D eigenvalue weighted by Crippen LogP contribution is 2.60. The fourth-order valence-electron chi connectivity index (χ4n) is 2.32. The van der Waals surface area contributed by atoms with E-state index in [9.17, 15) is 40.9 Å². The number of nitrogens with one attached hydrogen (secondary N) is 1. The predicted molar refractivity (Wildman–Crippen MR) is 83.3 cm³/mol. The molecule has 25 heavy (non-hydrogen) atoms. The van der Waals surface area contributed by atoms with E-state index in [1.165, 1.54) is 6.92 Å². The third-order valence-electron chi connectivity index (χ3n) is 3.74. The molecule has 2 aromatic carbocycles. The molecule has 0 fully saturated rings. The maximum atomic E-state index is 10.1. The van der Waals surface area contributed by atoms with Crippen molar-refractivity contribution in [2.24, 2.45) is 0 Å². The van der Waals surface area contributed by atoms with E-state index in [0.717, 1.165) is 0 Å². The second-order valence-corrected chi connectivity index (χ2v) is 6.32. The molecule has 0 spiro atoms. The number of thioether (sulfide) groups is 1. The zero-order valence-corrected chi connectivity index (χ0v) is 13.3. The standard InChI is InChI=1S/C14H13NO9S/c1-2-4(16)7(19)11(23)13(5(2)17)25-14-3-6(18)8(20)9(21)10(22)12(3)24-15-14/h14-23H,1H3. The van der Waals surface area contributed by atoms with Crippen molar-refractivity contribution in [3.8, 4) is 51.7 Å². The fraction of sp³-hybridized carbons (Fsp3) is 0.143. The quantitative estimate of drug-likeness (QED) is 0.274. The summed E-state index contributed by atoms with van der Waals surface area (Å²) >= 11 is 0.651. The summed E-state index contributed by atoms with van der Waals surface area (Å²) in [5.74, 6) is -6.81. The molecule has 1 unspecified atom stereocenters. The van der Waals surface area contributed by atoms with Crippen molar-refractivity contribution in [2.45, 2.75) is 17.2 Å². The van der Waals surface area contributed by atoms with Crippen LogP contribution in [0, 0.1) is 6.92 Å². The Kier molecular flexibility index (Phi) is 3.69. The molecule has 0 saturated heterocycles.